The van der Waals surface area contributed by atoms with Gasteiger partial charge in [0, 0.05) is 25.1 Å². The first-order chi connectivity index (χ1) is 8.79. The molecule has 0 aromatic carbocycles. The summed E-state index contributed by atoms with van der Waals surface area (Å²) in [6.07, 6.45) is 2.27. The molecule has 3 rings (SSSR count). The van der Waals surface area contributed by atoms with Gasteiger partial charge in [0.05, 0.1) is 18.8 Å². The Bertz CT molecular complexity index is 438. The van der Waals surface area contributed by atoms with Crippen molar-refractivity contribution >= 4 is 5.91 Å². The van der Waals surface area contributed by atoms with E-state index in [2.05, 4.69) is 5.16 Å². The molecular formula is C12H17N3O3. The van der Waals surface area contributed by atoms with Gasteiger partial charge in [-0.2, -0.15) is 0 Å². The maximum absolute atomic E-state index is 12.3. The second kappa shape index (κ2) is 4.70. The summed E-state index contributed by atoms with van der Waals surface area (Å²) >= 11 is 0. The summed E-state index contributed by atoms with van der Waals surface area (Å²) in [5.41, 5.74) is 7.52. The Hall–Kier alpha value is -1.40. The Kier molecular flexibility index (Phi) is 3.05. The van der Waals surface area contributed by atoms with Gasteiger partial charge in [-0.3, -0.25) is 4.79 Å². The van der Waals surface area contributed by atoms with E-state index in [1.807, 2.05) is 4.90 Å². The lowest BCUT2D eigenvalue weighted by atomic mass is 10.0. The maximum atomic E-state index is 12.3. The van der Waals surface area contributed by atoms with Gasteiger partial charge in [-0.1, -0.05) is 5.16 Å². The molecule has 0 radical (unpaired) electrons. The van der Waals surface area contributed by atoms with Crippen LogP contribution in [0.5, 0.6) is 0 Å². The van der Waals surface area contributed by atoms with Crippen molar-refractivity contribution in [3.8, 4) is 0 Å². The molecule has 1 aromatic heterocycles. The van der Waals surface area contributed by atoms with E-state index in [1.165, 1.54) is 0 Å². The molecule has 18 heavy (non-hydrogen) atoms. The molecule has 2 N–H and O–H groups in total. The fraction of sp³-hybridized carbons (Fsp3) is 0.667. The Balaban J connectivity index is 1.75. The standard InChI is InChI=1S/C12H17N3O3/c13-6-11-8-7-15(4-3-9(8)14-18-11)12(16)10-2-1-5-17-10/h10H,1-7,13H2. The quantitative estimate of drug-likeness (QED) is 0.811. The lowest BCUT2D eigenvalue weighted by Crippen LogP contribution is -2.42. The van der Waals surface area contributed by atoms with Gasteiger partial charge >= 0.3 is 0 Å². The Labute approximate surface area is 105 Å². The first-order valence-corrected chi connectivity index (χ1v) is 6.36. The highest BCUT2D eigenvalue weighted by atomic mass is 16.5. The highest BCUT2D eigenvalue weighted by molar-refractivity contribution is 5.81. The van der Waals surface area contributed by atoms with E-state index in [-0.39, 0.29) is 12.0 Å². The predicted octanol–water partition coefficient (Wildman–Crippen LogP) is 0.197. The van der Waals surface area contributed by atoms with Gasteiger partial charge in [-0.05, 0) is 12.8 Å². The Morgan fingerprint density at radius 3 is 3.17 bits per heavy atom. The zero-order valence-electron chi connectivity index (χ0n) is 10.2. The minimum Gasteiger partial charge on any atom is -0.368 e. The summed E-state index contributed by atoms with van der Waals surface area (Å²) in [6.45, 7) is 2.24. The lowest BCUT2D eigenvalue weighted by molar-refractivity contribution is -0.141. The monoisotopic (exact) mass is 251 g/mol. The number of hydrogen-bond donors (Lipinski definition) is 1. The highest BCUT2D eigenvalue weighted by Gasteiger charge is 2.32. The zero-order chi connectivity index (χ0) is 12.5. The van der Waals surface area contributed by atoms with Crippen molar-refractivity contribution in [3.05, 3.63) is 17.0 Å². The van der Waals surface area contributed by atoms with Crippen molar-refractivity contribution in [1.82, 2.24) is 10.1 Å². The molecule has 0 aliphatic carbocycles. The van der Waals surface area contributed by atoms with Crippen molar-refractivity contribution in [2.24, 2.45) is 5.73 Å². The molecule has 0 spiro atoms. The Morgan fingerprint density at radius 2 is 2.44 bits per heavy atom. The average Bonchev–Trinajstić information content (AvgIpc) is 3.06. The highest BCUT2D eigenvalue weighted by Crippen LogP contribution is 2.24. The van der Waals surface area contributed by atoms with Crippen LogP contribution in [-0.2, 0) is 29.0 Å². The van der Waals surface area contributed by atoms with Crippen LogP contribution in [0.25, 0.3) is 0 Å². The SMILES string of the molecule is NCc1onc2c1CN(C(=O)C1CCCO1)CC2. The summed E-state index contributed by atoms with van der Waals surface area (Å²) in [7, 11) is 0. The fourth-order valence-corrected chi connectivity index (χ4v) is 2.59. The number of ether oxygens (including phenoxy) is 1. The van der Waals surface area contributed by atoms with Crippen molar-refractivity contribution in [3.63, 3.8) is 0 Å². The minimum absolute atomic E-state index is 0.0855. The number of aromatic nitrogens is 1. The van der Waals surface area contributed by atoms with Crippen LogP contribution in [0.4, 0.5) is 0 Å². The molecule has 2 aliphatic rings. The number of carbonyl (C=O) groups is 1. The first kappa shape index (κ1) is 11.7. The number of fused-ring (bicyclic) bond motifs is 1. The molecule has 3 heterocycles. The molecule has 1 saturated heterocycles. The van der Waals surface area contributed by atoms with E-state index in [1.54, 1.807) is 0 Å². The number of nitrogens with two attached hydrogens (primary N) is 1. The second-order valence-electron chi connectivity index (χ2n) is 4.75. The topological polar surface area (TPSA) is 81.6 Å². The molecule has 6 heteroatoms. The number of nitrogens with zero attached hydrogens (tertiary/aromatic N) is 2. The fourth-order valence-electron chi connectivity index (χ4n) is 2.59. The third kappa shape index (κ3) is 1.91. The number of carbonyl (C=O) groups excluding carboxylic acids is 1. The van der Waals surface area contributed by atoms with E-state index in [0.717, 1.165) is 30.5 Å². The molecule has 0 saturated carbocycles. The smallest absolute Gasteiger partial charge is 0.252 e. The normalized spacial score (nSPS) is 23.2. The van der Waals surface area contributed by atoms with Gasteiger partial charge in [-0.25, -0.2) is 0 Å². The van der Waals surface area contributed by atoms with Crippen LogP contribution in [0.1, 0.15) is 29.9 Å². The summed E-state index contributed by atoms with van der Waals surface area (Å²) in [5, 5.41) is 3.99. The number of hydrogen-bond acceptors (Lipinski definition) is 5. The molecule has 1 unspecified atom stereocenters. The van der Waals surface area contributed by atoms with Crippen molar-refractivity contribution in [2.45, 2.75) is 38.5 Å². The summed E-state index contributed by atoms with van der Waals surface area (Å²) in [5.74, 6) is 0.775. The minimum atomic E-state index is -0.257. The largest absolute Gasteiger partial charge is 0.368 e. The molecule has 6 nitrogen and oxygen atoms in total. The van der Waals surface area contributed by atoms with Crippen LogP contribution in [0.2, 0.25) is 0 Å². The summed E-state index contributed by atoms with van der Waals surface area (Å²) in [6, 6.07) is 0. The molecule has 1 atom stereocenters. The lowest BCUT2D eigenvalue weighted by Gasteiger charge is -2.28. The van der Waals surface area contributed by atoms with Crippen molar-refractivity contribution in [2.75, 3.05) is 13.2 Å². The van der Waals surface area contributed by atoms with Crippen LogP contribution >= 0.6 is 0 Å². The van der Waals surface area contributed by atoms with Gasteiger partial charge in [0.15, 0.2) is 5.76 Å². The molecule has 1 amide bonds. The first-order valence-electron chi connectivity index (χ1n) is 6.36. The number of rotatable bonds is 2. The second-order valence-corrected chi connectivity index (χ2v) is 4.75. The molecule has 2 aliphatic heterocycles. The predicted molar refractivity (Wildman–Crippen MR) is 62.5 cm³/mol. The molecule has 1 aromatic rings. The summed E-state index contributed by atoms with van der Waals surface area (Å²) in [4.78, 5) is 14.1. The van der Waals surface area contributed by atoms with Crippen molar-refractivity contribution < 1.29 is 14.1 Å². The van der Waals surface area contributed by atoms with Crippen LogP contribution in [0.15, 0.2) is 4.52 Å². The molecular weight excluding hydrogens is 234 g/mol. The average molecular weight is 251 g/mol. The van der Waals surface area contributed by atoms with E-state index >= 15 is 0 Å². The van der Waals surface area contributed by atoms with Crippen LogP contribution in [0, 0.1) is 0 Å². The van der Waals surface area contributed by atoms with E-state index in [4.69, 9.17) is 15.0 Å². The Morgan fingerprint density at radius 1 is 1.56 bits per heavy atom. The third-order valence-electron chi connectivity index (χ3n) is 3.62. The van der Waals surface area contributed by atoms with E-state index in [9.17, 15) is 4.79 Å². The van der Waals surface area contributed by atoms with Gasteiger partial charge in [0.1, 0.15) is 6.10 Å². The molecule has 98 valence electrons. The van der Waals surface area contributed by atoms with Gasteiger partial charge < -0.3 is 19.9 Å². The van der Waals surface area contributed by atoms with Crippen LogP contribution < -0.4 is 5.73 Å². The van der Waals surface area contributed by atoms with Crippen molar-refractivity contribution in [1.29, 1.82) is 0 Å². The zero-order valence-corrected chi connectivity index (χ0v) is 10.2. The number of amides is 1. The van der Waals surface area contributed by atoms with Crippen LogP contribution in [-0.4, -0.2) is 35.2 Å². The third-order valence-corrected chi connectivity index (χ3v) is 3.62. The molecule has 0 bridgehead atoms. The van der Waals surface area contributed by atoms with Crippen LogP contribution in [0.3, 0.4) is 0 Å². The van der Waals surface area contributed by atoms with E-state index < -0.39 is 0 Å². The van der Waals surface area contributed by atoms with Gasteiger partial charge in [0.2, 0.25) is 0 Å². The van der Waals surface area contributed by atoms with E-state index in [0.29, 0.717) is 32.0 Å². The maximum Gasteiger partial charge on any atom is 0.252 e. The summed E-state index contributed by atoms with van der Waals surface area (Å²) < 4.78 is 10.6. The molecule has 1 fully saturated rings. The van der Waals surface area contributed by atoms with Gasteiger partial charge in [0.25, 0.3) is 5.91 Å². The van der Waals surface area contributed by atoms with Gasteiger partial charge in [-0.15, -0.1) is 0 Å².